The fourth-order valence-electron chi connectivity index (χ4n) is 7.27. The molecule has 0 radical (unpaired) electrons. The number of carbonyl (C=O) groups excluding carboxylic acids is 1. The summed E-state index contributed by atoms with van der Waals surface area (Å²) in [6.07, 6.45) is -6.44. The molecule has 1 fully saturated rings. The standard InChI is InChI=1S/C41H42B2ClF5N6O6S/c1-4-57-39(56)35(34(46)25-7-5-6-8-26(25)61-41(42,43)29-13-14-52-55(29)21-40(47,48)49)60-37-32-31(36(28-11-12-30(45)59-28)62-38(32)51-22-50-37)24-9-10-27(33(44)23(24)2)58-20-19-54-17-15-53(3)16-18-54/h5-14,22,34-35H,4,15-21,42-43H2,1-3H3/t34-,35+/m1/s1. The van der Waals surface area contributed by atoms with E-state index >= 15 is 4.39 Å². The van der Waals surface area contributed by atoms with E-state index in [9.17, 15) is 22.4 Å². The fourth-order valence-corrected chi connectivity index (χ4v) is 8.59. The van der Waals surface area contributed by atoms with Crippen LogP contribution in [0.5, 0.6) is 17.4 Å². The lowest BCUT2D eigenvalue weighted by atomic mass is 9.63. The molecule has 1 aliphatic rings. The number of hydrogen-bond donors (Lipinski definition) is 0. The number of fused-ring (bicyclic) bond motifs is 1. The van der Waals surface area contributed by atoms with Gasteiger partial charge in [-0.2, -0.15) is 22.7 Å². The summed E-state index contributed by atoms with van der Waals surface area (Å²) in [5.41, 5.74) is 1.46. The normalized spacial score (nSPS) is 15.1. The van der Waals surface area contributed by atoms with Gasteiger partial charge in [-0.3, -0.25) is 9.58 Å². The maximum absolute atomic E-state index is 17.2. The topological polar surface area (TPSA) is 117 Å². The molecule has 2 aromatic carbocycles. The summed E-state index contributed by atoms with van der Waals surface area (Å²) in [4.78, 5) is 27.9. The van der Waals surface area contributed by atoms with Gasteiger partial charge in [-0.1, -0.05) is 35.9 Å². The third-order valence-corrected chi connectivity index (χ3v) is 12.0. The summed E-state index contributed by atoms with van der Waals surface area (Å²) in [6.45, 7) is 6.76. The zero-order valence-corrected chi connectivity index (χ0v) is 36.0. The molecule has 0 N–H and O–H groups in total. The molecule has 0 aliphatic carbocycles. The first-order valence-electron chi connectivity index (χ1n) is 19.7. The van der Waals surface area contributed by atoms with E-state index in [1.54, 1.807) is 32.0 Å². The predicted molar refractivity (Wildman–Crippen MR) is 229 cm³/mol. The zero-order chi connectivity index (χ0) is 44.3. The second-order valence-electron chi connectivity index (χ2n) is 15.1. The van der Waals surface area contributed by atoms with Gasteiger partial charge in [0.05, 0.1) is 33.0 Å². The highest BCUT2D eigenvalue weighted by molar-refractivity contribution is 7.22. The molecule has 0 saturated carbocycles. The van der Waals surface area contributed by atoms with Crippen LogP contribution >= 0.6 is 22.9 Å². The third kappa shape index (κ3) is 9.88. The number of rotatable bonds is 16. The number of benzene rings is 2. The quantitative estimate of drug-likeness (QED) is 0.0596. The Labute approximate surface area is 364 Å². The summed E-state index contributed by atoms with van der Waals surface area (Å²) < 4.78 is 102. The molecule has 0 amide bonds. The lowest BCUT2D eigenvalue weighted by Crippen LogP contribution is -2.45. The number of aromatic nitrogens is 4. The van der Waals surface area contributed by atoms with Gasteiger partial charge in [0.1, 0.15) is 41.6 Å². The van der Waals surface area contributed by atoms with Crippen LogP contribution in [0.2, 0.25) is 5.02 Å². The van der Waals surface area contributed by atoms with E-state index in [1.807, 2.05) is 0 Å². The summed E-state index contributed by atoms with van der Waals surface area (Å²) in [5, 5.41) is 2.92. The number of ether oxygens (including phenoxy) is 4. The number of furan rings is 1. The lowest BCUT2D eigenvalue weighted by Gasteiger charge is -2.32. The van der Waals surface area contributed by atoms with Crippen LogP contribution in [-0.4, -0.2) is 116 Å². The van der Waals surface area contributed by atoms with Crippen molar-refractivity contribution in [2.24, 2.45) is 0 Å². The molecular formula is C41H42B2ClF5N6O6S. The van der Waals surface area contributed by atoms with Crippen molar-refractivity contribution in [1.29, 1.82) is 0 Å². The molecule has 1 saturated heterocycles. The highest BCUT2D eigenvalue weighted by Crippen LogP contribution is 2.50. The monoisotopic (exact) mass is 898 g/mol. The summed E-state index contributed by atoms with van der Waals surface area (Å²) >= 11 is 8.11. The van der Waals surface area contributed by atoms with Crippen LogP contribution in [0.4, 0.5) is 22.0 Å². The molecular weight excluding hydrogens is 857 g/mol. The van der Waals surface area contributed by atoms with Crippen LogP contribution in [-0.2, 0) is 21.5 Å². The first-order chi connectivity index (χ1) is 29.5. The van der Waals surface area contributed by atoms with Crippen LogP contribution in [0.3, 0.4) is 0 Å². The van der Waals surface area contributed by atoms with Gasteiger partial charge in [0, 0.05) is 56.1 Å². The minimum atomic E-state index is -4.57. The Bertz CT molecular complexity index is 2530. The van der Waals surface area contributed by atoms with Gasteiger partial charge in [-0.15, -0.1) is 11.3 Å². The molecule has 1 aliphatic heterocycles. The molecule has 12 nitrogen and oxygen atoms in total. The molecule has 7 rings (SSSR count). The van der Waals surface area contributed by atoms with E-state index in [2.05, 4.69) is 31.9 Å². The van der Waals surface area contributed by atoms with Crippen molar-refractivity contribution in [2.75, 3.05) is 53.0 Å². The molecule has 0 spiro atoms. The number of esters is 1. The number of thiophene rings is 1. The van der Waals surface area contributed by atoms with Crippen molar-refractivity contribution < 1.29 is 50.1 Å². The SMILES string of the molecule is BC(B)(Oc1ccccc1[C@@H](F)[C@H](Oc1ncnc2sc(-c3ccc(F)o3)c(-c3ccc(OCCN4CCN(C)CC4)c(Cl)c3C)c12)C(=O)OCC)c1ccnn1CC(F)(F)F. The molecule has 4 aromatic heterocycles. The number of nitrogens with zero attached hydrogens (tertiary/aromatic N) is 6. The largest absolute Gasteiger partial charge is 0.499 e. The van der Waals surface area contributed by atoms with Crippen molar-refractivity contribution in [3.8, 4) is 39.1 Å². The number of para-hydroxylation sites is 1. The number of halogens is 6. The molecule has 21 heteroatoms. The van der Waals surface area contributed by atoms with Crippen molar-refractivity contribution in [3.05, 3.63) is 95.0 Å². The fraction of sp³-hybridized carbons (Fsp3) is 0.366. The number of alkyl halides is 4. The van der Waals surface area contributed by atoms with Crippen molar-refractivity contribution in [3.63, 3.8) is 0 Å². The van der Waals surface area contributed by atoms with E-state index in [0.717, 1.165) is 42.2 Å². The Morgan fingerprint density at radius 1 is 1.03 bits per heavy atom. The smallest absolute Gasteiger partial charge is 0.408 e. The molecule has 2 atom stereocenters. The summed E-state index contributed by atoms with van der Waals surface area (Å²) in [6, 6.07) is 12.5. The number of piperazine rings is 1. The molecule has 0 unspecified atom stereocenters. The van der Waals surface area contributed by atoms with E-state index in [0.29, 0.717) is 50.3 Å². The second kappa shape index (κ2) is 18.7. The van der Waals surface area contributed by atoms with E-state index in [1.165, 1.54) is 64.6 Å². The first kappa shape index (κ1) is 44.9. The lowest BCUT2D eigenvalue weighted by molar-refractivity contribution is -0.155. The minimum absolute atomic E-state index is 0.0690. The van der Waals surface area contributed by atoms with Gasteiger partial charge < -0.3 is 28.3 Å². The third-order valence-electron chi connectivity index (χ3n) is 10.4. The molecule has 6 aromatic rings. The minimum Gasteiger partial charge on any atom is -0.499 e. The maximum atomic E-state index is 17.2. The van der Waals surface area contributed by atoms with Gasteiger partial charge in [-0.05, 0) is 56.3 Å². The number of likely N-dealkylation sites (N-methyl/N-ethyl adjacent to an activating group) is 1. The van der Waals surface area contributed by atoms with Gasteiger partial charge in [0.15, 0.2) is 21.9 Å². The molecule has 5 heterocycles. The van der Waals surface area contributed by atoms with Crippen LogP contribution in [0, 0.1) is 12.9 Å². The number of hydrogen-bond acceptors (Lipinski definition) is 12. The summed E-state index contributed by atoms with van der Waals surface area (Å²) in [5.74, 6) is -0.754. The second-order valence-corrected chi connectivity index (χ2v) is 16.5. The van der Waals surface area contributed by atoms with Crippen LogP contribution in [0.25, 0.3) is 32.0 Å². The zero-order valence-electron chi connectivity index (χ0n) is 34.5. The van der Waals surface area contributed by atoms with E-state index in [-0.39, 0.29) is 40.6 Å². The van der Waals surface area contributed by atoms with Gasteiger partial charge in [-0.25, -0.2) is 19.2 Å². The Kier molecular flexibility index (Phi) is 13.5. The highest BCUT2D eigenvalue weighted by atomic mass is 35.5. The van der Waals surface area contributed by atoms with Crippen molar-refractivity contribution in [2.45, 2.75) is 44.2 Å². The highest BCUT2D eigenvalue weighted by Gasteiger charge is 2.39. The maximum Gasteiger partial charge on any atom is 0.408 e. The van der Waals surface area contributed by atoms with Gasteiger partial charge >= 0.3 is 12.1 Å². The van der Waals surface area contributed by atoms with Gasteiger partial charge in [0.25, 0.3) is 6.01 Å². The van der Waals surface area contributed by atoms with Crippen LogP contribution < -0.4 is 14.2 Å². The average molecular weight is 899 g/mol. The molecule has 62 heavy (non-hydrogen) atoms. The first-order valence-corrected chi connectivity index (χ1v) is 20.9. The Hall–Kier alpha value is -5.17. The Balaban J connectivity index is 1.25. The Morgan fingerprint density at radius 3 is 2.50 bits per heavy atom. The summed E-state index contributed by atoms with van der Waals surface area (Å²) in [7, 11) is 5.12. The van der Waals surface area contributed by atoms with Crippen LogP contribution in [0.1, 0.15) is 29.9 Å². The number of carbonyl (C=O) groups is 1. The van der Waals surface area contributed by atoms with Crippen molar-refractivity contribution in [1.82, 2.24) is 29.5 Å². The van der Waals surface area contributed by atoms with E-state index < -0.39 is 42.4 Å². The van der Waals surface area contributed by atoms with E-state index in [4.69, 9.17) is 35.0 Å². The molecule has 326 valence electrons. The predicted octanol–water partition coefficient (Wildman–Crippen LogP) is 6.58. The van der Waals surface area contributed by atoms with Crippen LogP contribution in [0.15, 0.2) is 71.5 Å². The van der Waals surface area contributed by atoms with Gasteiger partial charge in [0.2, 0.25) is 12.0 Å². The molecule has 0 bridgehead atoms. The average Bonchev–Trinajstić information content (AvgIpc) is 3.98. The Morgan fingerprint density at radius 2 is 1.79 bits per heavy atom. The van der Waals surface area contributed by atoms with Crippen molar-refractivity contribution >= 4 is 54.8 Å².